The fourth-order valence-corrected chi connectivity index (χ4v) is 3.42. The monoisotopic (exact) mass is 402 g/mol. The molecule has 148 valence electrons. The third-order valence-electron chi connectivity index (χ3n) is 4.88. The van der Waals surface area contributed by atoms with Crippen LogP contribution in [0.4, 0.5) is 0 Å². The third-order valence-corrected chi connectivity index (χ3v) is 4.88. The van der Waals surface area contributed by atoms with Crippen molar-refractivity contribution in [1.82, 2.24) is 39.1 Å². The zero-order valence-corrected chi connectivity index (χ0v) is 15.5. The van der Waals surface area contributed by atoms with Gasteiger partial charge < -0.3 is 9.47 Å². The van der Waals surface area contributed by atoms with Gasteiger partial charge >= 0.3 is 0 Å². The van der Waals surface area contributed by atoms with E-state index in [-0.39, 0.29) is 5.56 Å². The Hall–Kier alpha value is -4.28. The molecule has 0 saturated heterocycles. The summed E-state index contributed by atoms with van der Waals surface area (Å²) in [4.78, 5) is 21.7. The Morgan fingerprint density at radius 1 is 1.00 bits per heavy atom. The van der Waals surface area contributed by atoms with Crippen LogP contribution in [0, 0.1) is 0 Å². The molecular weight excluding hydrogens is 388 g/mol. The molecular formula is C19H14N8O3. The minimum absolute atomic E-state index is 0.269. The zero-order valence-electron chi connectivity index (χ0n) is 15.5. The van der Waals surface area contributed by atoms with Crippen LogP contribution >= 0.6 is 0 Å². The van der Waals surface area contributed by atoms with Gasteiger partial charge in [-0.05, 0) is 24.3 Å². The minimum Gasteiger partial charge on any atom is -0.490 e. The number of ether oxygens (including phenoxy) is 2. The van der Waals surface area contributed by atoms with Gasteiger partial charge in [0.05, 0.1) is 24.1 Å². The molecule has 5 aromatic rings. The lowest BCUT2D eigenvalue weighted by molar-refractivity contribution is 0.297. The van der Waals surface area contributed by atoms with Crippen LogP contribution in [0.15, 0.2) is 54.1 Å². The first-order chi connectivity index (χ1) is 14.8. The molecule has 0 atom stereocenters. The zero-order chi connectivity index (χ0) is 20.1. The number of benzene rings is 1. The predicted molar refractivity (Wildman–Crippen MR) is 104 cm³/mol. The van der Waals surface area contributed by atoms with Gasteiger partial charge in [-0.3, -0.25) is 4.79 Å². The highest BCUT2D eigenvalue weighted by molar-refractivity contribution is 5.79. The molecule has 0 unspecified atom stereocenters. The second-order valence-electron chi connectivity index (χ2n) is 6.72. The van der Waals surface area contributed by atoms with E-state index >= 15 is 0 Å². The Morgan fingerprint density at radius 2 is 1.83 bits per heavy atom. The maximum Gasteiger partial charge on any atom is 0.280 e. The Bertz CT molecular complexity index is 1450. The molecule has 0 saturated carbocycles. The van der Waals surface area contributed by atoms with Crippen molar-refractivity contribution in [2.45, 2.75) is 6.42 Å². The van der Waals surface area contributed by atoms with E-state index < -0.39 is 0 Å². The second-order valence-corrected chi connectivity index (χ2v) is 6.72. The summed E-state index contributed by atoms with van der Waals surface area (Å²) in [6.45, 7) is 1.22. The molecule has 0 N–H and O–H groups in total. The summed E-state index contributed by atoms with van der Waals surface area (Å²) < 4.78 is 15.9. The Labute approximate surface area is 168 Å². The quantitative estimate of drug-likeness (QED) is 0.432. The third kappa shape index (κ3) is 2.52. The lowest BCUT2D eigenvalue weighted by Gasteiger charge is -2.07. The van der Waals surface area contributed by atoms with Crippen molar-refractivity contribution in [2.24, 2.45) is 0 Å². The number of pyridine rings is 1. The van der Waals surface area contributed by atoms with Crippen molar-refractivity contribution in [1.29, 1.82) is 0 Å². The van der Waals surface area contributed by atoms with Crippen molar-refractivity contribution in [2.75, 3.05) is 13.2 Å². The van der Waals surface area contributed by atoms with Crippen molar-refractivity contribution in [3.8, 4) is 22.9 Å². The fourth-order valence-electron chi connectivity index (χ4n) is 3.42. The maximum absolute atomic E-state index is 12.9. The van der Waals surface area contributed by atoms with Crippen molar-refractivity contribution in [3.05, 3.63) is 59.7 Å². The van der Waals surface area contributed by atoms with Crippen LogP contribution in [-0.2, 0) is 0 Å². The lowest BCUT2D eigenvalue weighted by Crippen LogP contribution is -2.25. The van der Waals surface area contributed by atoms with Crippen LogP contribution in [-0.4, -0.2) is 52.3 Å². The second kappa shape index (κ2) is 6.37. The van der Waals surface area contributed by atoms with E-state index in [2.05, 4.69) is 25.3 Å². The van der Waals surface area contributed by atoms with Gasteiger partial charge in [-0.2, -0.15) is 9.50 Å². The molecule has 11 heteroatoms. The molecule has 0 bridgehead atoms. The van der Waals surface area contributed by atoms with E-state index in [0.717, 1.165) is 12.0 Å². The number of aromatic nitrogens is 8. The van der Waals surface area contributed by atoms with E-state index in [0.29, 0.717) is 47.2 Å². The smallest absolute Gasteiger partial charge is 0.280 e. The van der Waals surface area contributed by atoms with Gasteiger partial charge in [0.15, 0.2) is 17.3 Å². The highest BCUT2D eigenvalue weighted by atomic mass is 16.5. The summed E-state index contributed by atoms with van der Waals surface area (Å²) in [7, 11) is 0. The molecule has 30 heavy (non-hydrogen) atoms. The van der Waals surface area contributed by atoms with E-state index in [1.807, 2.05) is 18.2 Å². The van der Waals surface area contributed by atoms with E-state index in [4.69, 9.17) is 9.47 Å². The molecule has 0 amide bonds. The molecule has 0 radical (unpaired) electrons. The largest absolute Gasteiger partial charge is 0.490 e. The molecule has 6 rings (SSSR count). The van der Waals surface area contributed by atoms with Gasteiger partial charge in [0.25, 0.3) is 11.3 Å². The van der Waals surface area contributed by atoms with Gasteiger partial charge in [0.1, 0.15) is 12.7 Å². The van der Waals surface area contributed by atoms with E-state index in [9.17, 15) is 4.79 Å². The number of nitrogens with zero attached hydrogens (tertiary/aromatic N) is 8. The number of fused-ring (bicyclic) bond motifs is 4. The molecule has 0 aliphatic carbocycles. The SMILES string of the molecule is O=c1c2cnc3nc(-c4ccc5c(c4)OCCCO5)nn3c2ccn1-n1cnnc1. The highest BCUT2D eigenvalue weighted by Gasteiger charge is 2.16. The normalized spacial score (nSPS) is 13.6. The molecule has 0 fully saturated rings. The Kier molecular flexibility index (Phi) is 3.54. The average Bonchev–Trinajstić information content (AvgIpc) is 3.39. The maximum atomic E-state index is 12.9. The first-order valence-electron chi connectivity index (χ1n) is 9.30. The Balaban J connectivity index is 1.50. The van der Waals surface area contributed by atoms with Gasteiger partial charge in [-0.25, -0.2) is 14.3 Å². The summed E-state index contributed by atoms with van der Waals surface area (Å²) in [5.41, 5.74) is 1.10. The van der Waals surface area contributed by atoms with Crippen LogP contribution in [0.5, 0.6) is 11.5 Å². The van der Waals surface area contributed by atoms with Gasteiger partial charge in [-0.1, -0.05) is 0 Å². The van der Waals surface area contributed by atoms with Crippen LogP contribution < -0.4 is 15.0 Å². The van der Waals surface area contributed by atoms with Crippen molar-refractivity contribution >= 4 is 16.7 Å². The summed E-state index contributed by atoms with van der Waals surface area (Å²) in [6, 6.07) is 7.36. The van der Waals surface area contributed by atoms with Gasteiger partial charge in [-0.15, -0.1) is 15.3 Å². The minimum atomic E-state index is -0.269. The molecule has 0 spiro atoms. The fraction of sp³-hybridized carbons (Fsp3) is 0.158. The first kappa shape index (κ1) is 16.7. The molecule has 1 aromatic carbocycles. The van der Waals surface area contributed by atoms with Gasteiger partial charge in [0, 0.05) is 24.4 Å². The van der Waals surface area contributed by atoms with Crippen LogP contribution in [0.2, 0.25) is 0 Å². The Morgan fingerprint density at radius 3 is 2.70 bits per heavy atom. The van der Waals surface area contributed by atoms with E-state index in [1.165, 1.54) is 28.2 Å². The van der Waals surface area contributed by atoms with Crippen molar-refractivity contribution < 1.29 is 9.47 Å². The van der Waals surface area contributed by atoms with E-state index in [1.54, 1.807) is 16.8 Å². The summed E-state index contributed by atoms with van der Waals surface area (Å²) >= 11 is 0. The van der Waals surface area contributed by atoms with Crippen LogP contribution in [0.1, 0.15) is 6.42 Å². The number of hydrogen-bond donors (Lipinski definition) is 0. The molecule has 1 aliphatic rings. The van der Waals surface area contributed by atoms with Gasteiger partial charge in [0.2, 0.25) is 0 Å². The van der Waals surface area contributed by atoms with Crippen LogP contribution in [0.3, 0.4) is 0 Å². The van der Waals surface area contributed by atoms with Crippen molar-refractivity contribution in [3.63, 3.8) is 0 Å². The topological polar surface area (TPSA) is 114 Å². The standard InChI is InChI=1S/C19H14N8O3/c28-18-13-9-20-19-23-17(12-2-3-15-16(8-12)30-7-1-6-29-15)24-27(19)14(13)4-5-26(18)25-10-21-22-11-25/h2-5,8-11H,1,6-7H2. The molecule has 4 aromatic heterocycles. The summed E-state index contributed by atoms with van der Waals surface area (Å²) in [6.07, 6.45) is 6.84. The molecule has 1 aliphatic heterocycles. The predicted octanol–water partition coefficient (Wildman–Crippen LogP) is 1.17. The number of hydrogen-bond acceptors (Lipinski definition) is 8. The summed E-state index contributed by atoms with van der Waals surface area (Å²) in [5, 5.41) is 12.4. The first-order valence-corrected chi connectivity index (χ1v) is 9.30. The molecule has 5 heterocycles. The number of rotatable bonds is 2. The highest BCUT2D eigenvalue weighted by Crippen LogP contribution is 2.33. The summed E-state index contributed by atoms with van der Waals surface area (Å²) in [5.74, 6) is 2.25. The molecule has 11 nitrogen and oxygen atoms in total. The van der Waals surface area contributed by atoms with Crippen LogP contribution in [0.25, 0.3) is 28.1 Å². The average molecular weight is 402 g/mol. The lowest BCUT2D eigenvalue weighted by atomic mass is 10.2.